The molecule has 2 rings (SSSR count). The molecule has 5 nitrogen and oxygen atoms in total. The van der Waals surface area contributed by atoms with Crippen molar-refractivity contribution in [1.82, 2.24) is 4.98 Å². The maximum absolute atomic E-state index is 11.5. The maximum Gasteiger partial charge on any atom is 0.360 e. The Labute approximate surface area is 117 Å². The van der Waals surface area contributed by atoms with Crippen molar-refractivity contribution >= 4 is 5.97 Å². The highest BCUT2D eigenvalue weighted by Gasteiger charge is 2.17. The summed E-state index contributed by atoms with van der Waals surface area (Å²) in [7, 11) is 0. The van der Waals surface area contributed by atoms with Crippen LogP contribution in [0.5, 0.6) is 0 Å². The van der Waals surface area contributed by atoms with Gasteiger partial charge in [-0.1, -0.05) is 12.1 Å². The van der Waals surface area contributed by atoms with E-state index in [1.54, 1.807) is 45.0 Å². The molecule has 0 atom stereocenters. The second kappa shape index (κ2) is 5.46. The highest BCUT2D eigenvalue weighted by molar-refractivity contribution is 5.87. The van der Waals surface area contributed by atoms with Crippen LogP contribution in [0, 0.1) is 0 Å². The molecule has 1 aromatic carbocycles. The molecular formula is C15H17NO4. The Kier molecular flexibility index (Phi) is 3.90. The summed E-state index contributed by atoms with van der Waals surface area (Å²) in [6.45, 7) is 5.45. The van der Waals surface area contributed by atoms with Crippen LogP contribution in [-0.4, -0.2) is 22.7 Å². The Hall–Kier alpha value is -2.14. The highest BCUT2D eigenvalue weighted by atomic mass is 16.5. The van der Waals surface area contributed by atoms with E-state index in [0.717, 1.165) is 11.1 Å². The van der Waals surface area contributed by atoms with E-state index < -0.39 is 11.6 Å². The average molecular weight is 275 g/mol. The second-order valence-corrected chi connectivity index (χ2v) is 4.89. The van der Waals surface area contributed by atoms with E-state index in [2.05, 4.69) is 4.98 Å². The monoisotopic (exact) mass is 275 g/mol. The molecule has 1 heterocycles. The molecule has 0 bridgehead atoms. The first-order valence-electron chi connectivity index (χ1n) is 6.37. The van der Waals surface area contributed by atoms with Gasteiger partial charge in [-0.2, -0.15) is 0 Å². The molecule has 0 aliphatic heterocycles. The Morgan fingerprint density at radius 3 is 2.55 bits per heavy atom. The number of hydrogen-bond acceptors (Lipinski definition) is 5. The summed E-state index contributed by atoms with van der Waals surface area (Å²) in [6, 6.07) is 7.16. The number of nitrogens with zero attached hydrogens (tertiary/aromatic N) is 1. The summed E-state index contributed by atoms with van der Waals surface area (Å²) >= 11 is 0. The minimum absolute atomic E-state index is 0.147. The summed E-state index contributed by atoms with van der Waals surface area (Å²) in [4.78, 5) is 15.6. The topological polar surface area (TPSA) is 72.6 Å². The average Bonchev–Trinajstić information content (AvgIpc) is 2.88. The lowest BCUT2D eigenvalue weighted by atomic mass is 9.97. The van der Waals surface area contributed by atoms with Crippen LogP contribution < -0.4 is 0 Å². The molecular weight excluding hydrogens is 258 g/mol. The lowest BCUT2D eigenvalue weighted by molar-refractivity contribution is 0.0519. The fourth-order valence-corrected chi connectivity index (χ4v) is 1.73. The molecule has 0 aliphatic carbocycles. The number of hydrogen-bond donors (Lipinski definition) is 1. The van der Waals surface area contributed by atoms with E-state index in [1.807, 2.05) is 0 Å². The Balaban J connectivity index is 2.22. The second-order valence-electron chi connectivity index (χ2n) is 4.89. The van der Waals surface area contributed by atoms with Gasteiger partial charge in [0.15, 0.2) is 5.69 Å². The van der Waals surface area contributed by atoms with Crippen LogP contribution in [0.4, 0.5) is 0 Å². The van der Waals surface area contributed by atoms with Crippen molar-refractivity contribution in [3.8, 4) is 11.5 Å². The molecule has 1 aromatic heterocycles. The number of aliphatic hydroxyl groups is 1. The summed E-state index contributed by atoms with van der Waals surface area (Å²) in [6.07, 6.45) is 1.28. The van der Waals surface area contributed by atoms with Gasteiger partial charge >= 0.3 is 5.97 Å². The number of benzene rings is 1. The van der Waals surface area contributed by atoms with Crippen LogP contribution >= 0.6 is 0 Å². The fraction of sp³-hybridized carbons (Fsp3) is 0.333. The van der Waals surface area contributed by atoms with Gasteiger partial charge in [0.05, 0.1) is 12.2 Å². The number of esters is 1. The van der Waals surface area contributed by atoms with Crippen LogP contribution in [0.1, 0.15) is 36.8 Å². The zero-order valence-electron chi connectivity index (χ0n) is 11.7. The predicted molar refractivity (Wildman–Crippen MR) is 73.1 cm³/mol. The number of carbonyl (C=O) groups excluding carboxylic acids is 1. The zero-order valence-corrected chi connectivity index (χ0v) is 11.7. The largest absolute Gasteiger partial charge is 0.461 e. The Morgan fingerprint density at radius 2 is 2.00 bits per heavy atom. The van der Waals surface area contributed by atoms with Crippen molar-refractivity contribution < 1.29 is 19.1 Å². The van der Waals surface area contributed by atoms with E-state index in [9.17, 15) is 9.90 Å². The lowest BCUT2D eigenvalue weighted by Crippen LogP contribution is -2.14. The van der Waals surface area contributed by atoms with Crippen LogP contribution in [0.15, 0.2) is 34.9 Å². The standard InChI is InChI=1S/C15H17NO4/c1-4-19-14(17)12-9-20-13(16-12)10-5-7-11(8-6-10)15(2,3)18/h5-9,18H,4H2,1-3H3. The van der Waals surface area contributed by atoms with Gasteiger partial charge < -0.3 is 14.3 Å². The molecule has 20 heavy (non-hydrogen) atoms. The van der Waals surface area contributed by atoms with Crippen LogP contribution in [-0.2, 0) is 10.3 Å². The van der Waals surface area contributed by atoms with Gasteiger partial charge in [-0.25, -0.2) is 9.78 Å². The Morgan fingerprint density at radius 1 is 1.35 bits per heavy atom. The summed E-state index contributed by atoms with van der Waals surface area (Å²) in [5, 5.41) is 9.89. The minimum Gasteiger partial charge on any atom is -0.461 e. The molecule has 106 valence electrons. The molecule has 0 fully saturated rings. The summed E-state index contributed by atoms with van der Waals surface area (Å²) < 4.78 is 10.1. The molecule has 0 radical (unpaired) electrons. The SMILES string of the molecule is CCOC(=O)c1coc(-c2ccc(C(C)(C)O)cc2)n1. The molecule has 1 N–H and O–H groups in total. The Bertz CT molecular complexity index is 593. The molecule has 2 aromatic rings. The van der Waals surface area contributed by atoms with Crippen molar-refractivity contribution in [3.05, 3.63) is 41.8 Å². The van der Waals surface area contributed by atoms with Gasteiger partial charge in [-0.15, -0.1) is 0 Å². The van der Waals surface area contributed by atoms with Crippen molar-refractivity contribution in [2.75, 3.05) is 6.61 Å². The van der Waals surface area contributed by atoms with E-state index >= 15 is 0 Å². The normalized spacial score (nSPS) is 11.4. The number of ether oxygens (including phenoxy) is 1. The first-order valence-corrected chi connectivity index (χ1v) is 6.37. The number of carbonyl (C=O) groups is 1. The number of aromatic nitrogens is 1. The predicted octanol–water partition coefficient (Wildman–Crippen LogP) is 2.75. The van der Waals surface area contributed by atoms with Gasteiger partial charge in [-0.3, -0.25) is 0 Å². The van der Waals surface area contributed by atoms with Gasteiger partial charge in [-0.05, 0) is 38.5 Å². The van der Waals surface area contributed by atoms with E-state index in [1.165, 1.54) is 6.26 Å². The molecule has 0 spiro atoms. The van der Waals surface area contributed by atoms with Crippen molar-refractivity contribution in [2.45, 2.75) is 26.4 Å². The first kappa shape index (κ1) is 14.3. The molecule has 5 heteroatoms. The van der Waals surface area contributed by atoms with Gasteiger partial charge in [0.25, 0.3) is 0 Å². The number of rotatable bonds is 4. The molecule has 0 unspecified atom stereocenters. The smallest absolute Gasteiger partial charge is 0.360 e. The maximum atomic E-state index is 11.5. The van der Waals surface area contributed by atoms with Crippen LogP contribution in [0.2, 0.25) is 0 Å². The van der Waals surface area contributed by atoms with Crippen LogP contribution in [0.25, 0.3) is 11.5 Å². The van der Waals surface area contributed by atoms with Crippen molar-refractivity contribution in [3.63, 3.8) is 0 Å². The van der Waals surface area contributed by atoms with Gasteiger partial charge in [0, 0.05) is 5.56 Å². The quantitative estimate of drug-likeness (QED) is 0.868. The van der Waals surface area contributed by atoms with Crippen molar-refractivity contribution in [2.24, 2.45) is 0 Å². The van der Waals surface area contributed by atoms with E-state index in [0.29, 0.717) is 12.5 Å². The minimum atomic E-state index is -0.898. The van der Waals surface area contributed by atoms with E-state index in [4.69, 9.17) is 9.15 Å². The lowest BCUT2D eigenvalue weighted by Gasteiger charge is -2.17. The summed E-state index contributed by atoms with van der Waals surface area (Å²) in [5.41, 5.74) is 0.769. The van der Waals surface area contributed by atoms with Gasteiger partial charge in [0.1, 0.15) is 6.26 Å². The molecule has 0 saturated carbocycles. The summed E-state index contributed by atoms with van der Waals surface area (Å²) in [5.74, 6) is -0.161. The third-order valence-electron chi connectivity index (χ3n) is 2.83. The zero-order chi connectivity index (χ0) is 14.8. The third-order valence-corrected chi connectivity index (χ3v) is 2.83. The third kappa shape index (κ3) is 3.05. The number of oxazole rings is 1. The van der Waals surface area contributed by atoms with Crippen LogP contribution in [0.3, 0.4) is 0 Å². The first-order chi connectivity index (χ1) is 9.41. The molecule has 0 amide bonds. The fourth-order valence-electron chi connectivity index (χ4n) is 1.73. The van der Waals surface area contributed by atoms with E-state index in [-0.39, 0.29) is 5.69 Å². The molecule has 0 aliphatic rings. The van der Waals surface area contributed by atoms with Crippen molar-refractivity contribution in [1.29, 1.82) is 0 Å². The molecule has 0 saturated heterocycles. The highest BCUT2D eigenvalue weighted by Crippen LogP contribution is 2.24. The van der Waals surface area contributed by atoms with Gasteiger partial charge in [0.2, 0.25) is 5.89 Å².